The molecule has 0 spiro atoms. The molecule has 2 aromatic rings. The van der Waals surface area contributed by atoms with E-state index in [0.29, 0.717) is 6.42 Å². The molecule has 1 unspecified atom stereocenters. The number of aromatic amines is 1. The fraction of sp³-hybridized carbons (Fsp3) is 0.444. The Bertz CT molecular complexity index is 764. The SMILES string of the molecule is Cc1n[nH]c(C)c1C1CCCN1C(=O)Cc1ccc2c(c1)OCO2. The van der Waals surface area contributed by atoms with E-state index in [-0.39, 0.29) is 18.7 Å². The summed E-state index contributed by atoms with van der Waals surface area (Å²) in [5, 5.41) is 7.32. The van der Waals surface area contributed by atoms with Gasteiger partial charge < -0.3 is 14.4 Å². The molecule has 1 atom stereocenters. The molecule has 4 rings (SSSR count). The smallest absolute Gasteiger partial charge is 0.231 e. The van der Waals surface area contributed by atoms with Crippen LogP contribution in [-0.4, -0.2) is 34.3 Å². The number of amides is 1. The first-order valence-corrected chi connectivity index (χ1v) is 8.33. The quantitative estimate of drug-likeness (QED) is 0.941. The van der Waals surface area contributed by atoms with Gasteiger partial charge in [0.25, 0.3) is 0 Å². The molecule has 126 valence electrons. The number of fused-ring (bicyclic) bond motifs is 1. The minimum atomic E-state index is 0.130. The van der Waals surface area contributed by atoms with Crippen molar-refractivity contribution in [2.75, 3.05) is 13.3 Å². The highest BCUT2D eigenvalue weighted by molar-refractivity contribution is 5.80. The number of hydrogen-bond donors (Lipinski definition) is 1. The zero-order chi connectivity index (χ0) is 16.7. The lowest BCUT2D eigenvalue weighted by Crippen LogP contribution is -2.32. The molecule has 1 fully saturated rings. The molecule has 1 saturated heterocycles. The molecule has 3 heterocycles. The minimum absolute atomic E-state index is 0.130. The Kier molecular flexibility index (Phi) is 3.67. The summed E-state index contributed by atoms with van der Waals surface area (Å²) in [6.45, 7) is 5.07. The Balaban J connectivity index is 1.53. The van der Waals surface area contributed by atoms with Crippen LogP contribution in [0, 0.1) is 13.8 Å². The van der Waals surface area contributed by atoms with Crippen LogP contribution >= 0.6 is 0 Å². The van der Waals surface area contributed by atoms with Crippen molar-refractivity contribution in [3.05, 3.63) is 40.7 Å². The highest BCUT2D eigenvalue weighted by Gasteiger charge is 2.32. The van der Waals surface area contributed by atoms with Crippen LogP contribution in [0.1, 0.15) is 41.4 Å². The van der Waals surface area contributed by atoms with E-state index in [4.69, 9.17) is 9.47 Å². The maximum absolute atomic E-state index is 12.9. The predicted octanol–water partition coefficient (Wildman–Crippen LogP) is 2.66. The number of carbonyl (C=O) groups excluding carboxylic acids is 1. The number of rotatable bonds is 3. The van der Waals surface area contributed by atoms with Crippen LogP contribution in [0.25, 0.3) is 0 Å². The van der Waals surface area contributed by atoms with Crippen LogP contribution < -0.4 is 9.47 Å². The monoisotopic (exact) mass is 327 g/mol. The van der Waals surface area contributed by atoms with E-state index in [0.717, 1.165) is 47.8 Å². The first-order chi connectivity index (χ1) is 11.6. The maximum atomic E-state index is 12.9. The van der Waals surface area contributed by atoms with Crippen molar-refractivity contribution in [2.24, 2.45) is 0 Å². The second-order valence-corrected chi connectivity index (χ2v) is 6.46. The van der Waals surface area contributed by atoms with Gasteiger partial charge in [0.1, 0.15) is 0 Å². The van der Waals surface area contributed by atoms with Gasteiger partial charge in [0, 0.05) is 17.8 Å². The molecule has 0 bridgehead atoms. The lowest BCUT2D eigenvalue weighted by molar-refractivity contribution is -0.131. The van der Waals surface area contributed by atoms with Crippen LogP contribution in [0.2, 0.25) is 0 Å². The standard InChI is InChI=1S/C18H21N3O3/c1-11-18(12(2)20-19-11)14-4-3-7-21(14)17(22)9-13-5-6-15-16(8-13)24-10-23-15/h5-6,8,14H,3-4,7,9-10H2,1-2H3,(H,19,20). The molecule has 2 aliphatic rings. The first-order valence-electron chi connectivity index (χ1n) is 8.33. The van der Waals surface area contributed by atoms with Crippen molar-refractivity contribution in [1.82, 2.24) is 15.1 Å². The van der Waals surface area contributed by atoms with Gasteiger partial charge in [-0.1, -0.05) is 6.07 Å². The van der Waals surface area contributed by atoms with Crippen LogP contribution in [0.15, 0.2) is 18.2 Å². The van der Waals surface area contributed by atoms with Crippen molar-refractivity contribution < 1.29 is 14.3 Å². The number of carbonyl (C=O) groups is 1. The summed E-state index contributed by atoms with van der Waals surface area (Å²) < 4.78 is 10.7. The van der Waals surface area contributed by atoms with Gasteiger partial charge in [-0.05, 0) is 44.4 Å². The van der Waals surface area contributed by atoms with Gasteiger partial charge in [0.05, 0.1) is 18.2 Å². The zero-order valence-corrected chi connectivity index (χ0v) is 14.0. The van der Waals surface area contributed by atoms with Crippen molar-refractivity contribution in [3.63, 3.8) is 0 Å². The summed E-state index contributed by atoms with van der Waals surface area (Å²) in [4.78, 5) is 14.9. The van der Waals surface area contributed by atoms with E-state index in [1.165, 1.54) is 5.56 Å². The topological polar surface area (TPSA) is 67.5 Å². The number of nitrogens with one attached hydrogen (secondary N) is 1. The molecule has 0 aliphatic carbocycles. The van der Waals surface area contributed by atoms with E-state index in [1.807, 2.05) is 36.9 Å². The second kappa shape index (κ2) is 5.85. The molecule has 0 radical (unpaired) electrons. The van der Waals surface area contributed by atoms with Gasteiger partial charge in [-0.25, -0.2) is 0 Å². The Morgan fingerprint density at radius 2 is 2.17 bits per heavy atom. The first kappa shape index (κ1) is 15.1. The van der Waals surface area contributed by atoms with Gasteiger partial charge in [-0.15, -0.1) is 0 Å². The highest BCUT2D eigenvalue weighted by atomic mass is 16.7. The van der Waals surface area contributed by atoms with Crippen molar-refractivity contribution in [2.45, 2.75) is 39.2 Å². The normalized spacial score (nSPS) is 19.1. The lowest BCUT2D eigenvalue weighted by Gasteiger charge is -2.25. The van der Waals surface area contributed by atoms with E-state index < -0.39 is 0 Å². The molecule has 1 aromatic heterocycles. The highest BCUT2D eigenvalue weighted by Crippen LogP contribution is 2.36. The molecule has 1 aromatic carbocycles. The second-order valence-electron chi connectivity index (χ2n) is 6.46. The summed E-state index contributed by atoms with van der Waals surface area (Å²) in [5.74, 6) is 1.62. The summed E-state index contributed by atoms with van der Waals surface area (Å²) in [6.07, 6.45) is 2.40. The number of aryl methyl sites for hydroxylation is 2. The average molecular weight is 327 g/mol. The Labute approximate surface area is 140 Å². The van der Waals surface area contributed by atoms with Crippen molar-refractivity contribution in [1.29, 1.82) is 0 Å². The predicted molar refractivity (Wildman–Crippen MR) is 88.0 cm³/mol. The third-order valence-corrected chi connectivity index (χ3v) is 4.88. The summed E-state index contributed by atoms with van der Waals surface area (Å²) in [6, 6.07) is 5.84. The van der Waals surface area contributed by atoms with E-state index >= 15 is 0 Å². The van der Waals surface area contributed by atoms with Crippen LogP contribution in [0.4, 0.5) is 0 Å². The summed E-state index contributed by atoms with van der Waals surface area (Å²) in [5.41, 5.74) is 4.17. The maximum Gasteiger partial charge on any atom is 0.231 e. The Morgan fingerprint density at radius 3 is 2.96 bits per heavy atom. The third kappa shape index (κ3) is 2.52. The average Bonchev–Trinajstić information content (AvgIpc) is 3.27. The number of aromatic nitrogens is 2. The van der Waals surface area contributed by atoms with Gasteiger partial charge in [-0.2, -0.15) is 5.10 Å². The van der Waals surface area contributed by atoms with Crippen molar-refractivity contribution >= 4 is 5.91 Å². The zero-order valence-electron chi connectivity index (χ0n) is 14.0. The third-order valence-electron chi connectivity index (χ3n) is 4.88. The number of likely N-dealkylation sites (tertiary alicyclic amines) is 1. The molecule has 0 saturated carbocycles. The molecular formula is C18H21N3O3. The van der Waals surface area contributed by atoms with Gasteiger partial charge >= 0.3 is 0 Å². The Morgan fingerprint density at radius 1 is 1.33 bits per heavy atom. The molecule has 2 aliphatic heterocycles. The molecule has 6 heteroatoms. The summed E-state index contributed by atoms with van der Waals surface area (Å²) in [7, 11) is 0. The number of nitrogens with zero attached hydrogens (tertiary/aromatic N) is 2. The summed E-state index contributed by atoms with van der Waals surface area (Å²) >= 11 is 0. The van der Waals surface area contributed by atoms with E-state index in [2.05, 4.69) is 10.2 Å². The van der Waals surface area contributed by atoms with Gasteiger partial charge in [0.2, 0.25) is 12.7 Å². The molecule has 1 amide bonds. The Hall–Kier alpha value is -2.50. The molecule has 24 heavy (non-hydrogen) atoms. The van der Waals surface area contributed by atoms with Gasteiger partial charge in [0.15, 0.2) is 11.5 Å². The minimum Gasteiger partial charge on any atom is -0.454 e. The number of ether oxygens (including phenoxy) is 2. The largest absolute Gasteiger partial charge is 0.454 e. The van der Waals surface area contributed by atoms with Crippen LogP contribution in [-0.2, 0) is 11.2 Å². The molecule has 6 nitrogen and oxygen atoms in total. The number of benzene rings is 1. The van der Waals surface area contributed by atoms with Crippen LogP contribution in [0.3, 0.4) is 0 Å². The lowest BCUT2D eigenvalue weighted by atomic mass is 10.0. The van der Waals surface area contributed by atoms with E-state index in [9.17, 15) is 4.79 Å². The molecular weight excluding hydrogens is 306 g/mol. The number of H-pyrrole nitrogens is 1. The van der Waals surface area contributed by atoms with Crippen molar-refractivity contribution in [3.8, 4) is 11.5 Å². The number of hydrogen-bond acceptors (Lipinski definition) is 4. The fourth-order valence-corrected chi connectivity index (χ4v) is 3.74. The van der Waals surface area contributed by atoms with Gasteiger partial charge in [-0.3, -0.25) is 9.89 Å². The van der Waals surface area contributed by atoms with Crippen LogP contribution in [0.5, 0.6) is 11.5 Å². The fourth-order valence-electron chi connectivity index (χ4n) is 3.74. The van der Waals surface area contributed by atoms with E-state index in [1.54, 1.807) is 0 Å². The molecule has 1 N–H and O–H groups in total.